The van der Waals surface area contributed by atoms with Crippen LogP contribution in [0.4, 0.5) is 5.13 Å². The van der Waals surface area contributed by atoms with Gasteiger partial charge in [0.2, 0.25) is 5.13 Å². The number of rotatable bonds is 6. The lowest BCUT2D eigenvalue weighted by atomic mass is 10.1. The van der Waals surface area contributed by atoms with Gasteiger partial charge in [-0.25, -0.2) is 4.98 Å². The quantitative estimate of drug-likeness (QED) is 0.622. The van der Waals surface area contributed by atoms with Crippen molar-refractivity contribution in [2.24, 2.45) is 5.92 Å². The zero-order valence-electron chi connectivity index (χ0n) is 15.8. The van der Waals surface area contributed by atoms with E-state index in [4.69, 9.17) is 0 Å². The van der Waals surface area contributed by atoms with E-state index in [1.54, 1.807) is 18.3 Å². The first-order valence-electron chi connectivity index (χ1n) is 8.76. The minimum atomic E-state index is -0.221. The average Bonchev–Trinajstić information content (AvgIpc) is 3.04. The molecule has 0 bridgehead atoms. The molecule has 27 heavy (non-hydrogen) atoms. The molecular formula is C20H22N4OS2. The van der Waals surface area contributed by atoms with Crippen molar-refractivity contribution in [1.29, 1.82) is 0 Å². The zero-order chi connectivity index (χ0) is 19.4. The molecule has 0 fully saturated rings. The highest BCUT2D eigenvalue weighted by atomic mass is 32.2. The predicted molar refractivity (Wildman–Crippen MR) is 111 cm³/mol. The van der Waals surface area contributed by atoms with E-state index in [1.165, 1.54) is 34.2 Å². The standard InChI is InChI=1S/C20H22N4OS2/c1-12(2)10-17-23-24-20(27-17)22-18(25)16-6-5-9-21-19(16)26-15-8-7-13(3)14(4)11-15/h5-9,11-12H,10H2,1-4H3,(H,22,24,25). The Morgan fingerprint density at radius 2 is 2.00 bits per heavy atom. The van der Waals surface area contributed by atoms with E-state index >= 15 is 0 Å². The number of nitrogens with zero attached hydrogens (tertiary/aromatic N) is 3. The van der Waals surface area contributed by atoms with Gasteiger partial charge in [0.25, 0.3) is 5.91 Å². The number of hydrogen-bond acceptors (Lipinski definition) is 6. The Kier molecular flexibility index (Phi) is 6.23. The summed E-state index contributed by atoms with van der Waals surface area (Å²) < 4.78 is 0. The number of hydrogen-bond donors (Lipinski definition) is 1. The molecule has 2 aromatic heterocycles. The van der Waals surface area contributed by atoms with Crippen molar-refractivity contribution in [3.8, 4) is 0 Å². The van der Waals surface area contributed by atoms with Crippen molar-refractivity contribution >= 4 is 34.1 Å². The number of aryl methyl sites for hydroxylation is 2. The van der Waals surface area contributed by atoms with Crippen LogP contribution in [0.15, 0.2) is 46.5 Å². The van der Waals surface area contributed by atoms with E-state index in [0.29, 0.717) is 21.6 Å². The maximum Gasteiger partial charge on any atom is 0.260 e. The Morgan fingerprint density at radius 1 is 1.19 bits per heavy atom. The van der Waals surface area contributed by atoms with Crippen LogP contribution in [0.5, 0.6) is 0 Å². The third-order valence-electron chi connectivity index (χ3n) is 3.98. The average molecular weight is 399 g/mol. The summed E-state index contributed by atoms with van der Waals surface area (Å²) in [6, 6.07) is 9.79. The summed E-state index contributed by atoms with van der Waals surface area (Å²) in [7, 11) is 0. The van der Waals surface area contributed by atoms with Crippen LogP contribution in [-0.2, 0) is 6.42 Å². The molecular weight excluding hydrogens is 376 g/mol. The molecule has 1 aromatic carbocycles. The maximum absolute atomic E-state index is 12.8. The second-order valence-electron chi connectivity index (χ2n) is 6.76. The molecule has 0 aliphatic heterocycles. The Bertz CT molecular complexity index is 953. The van der Waals surface area contributed by atoms with E-state index in [9.17, 15) is 4.79 Å². The predicted octanol–water partition coefficient (Wildman–Crippen LogP) is 5.15. The molecule has 0 aliphatic rings. The number of carbonyl (C=O) groups excluding carboxylic acids is 1. The fourth-order valence-electron chi connectivity index (χ4n) is 2.43. The van der Waals surface area contributed by atoms with Crippen LogP contribution in [0.3, 0.4) is 0 Å². The zero-order valence-corrected chi connectivity index (χ0v) is 17.4. The van der Waals surface area contributed by atoms with Crippen LogP contribution in [-0.4, -0.2) is 21.1 Å². The number of benzene rings is 1. The van der Waals surface area contributed by atoms with Crippen LogP contribution in [0.2, 0.25) is 0 Å². The second-order valence-corrected chi connectivity index (χ2v) is 8.88. The van der Waals surface area contributed by atoms with Crippen molar-refractivity contribution in [2.75, 3.05) is 5.32 Å². The van der Waals surface area contributed by atoms with Crippen LogP contribution in [0.1, 0.15) is 40.3 Å². The molecule has 0 atom stereocenters. The monoisotopic (exact) mass is 398 g/mol. The fraction of sp³-hybridized carbons (Fsp3) is 0.300. The van der Waals surface area contributed by atoms with Crippen molar-refractivity contribution in [3.05, 3.63) is 58.2 Å². The van der Waals surface area contributed by atoms with Gasteiger partial charge < -0.3 is 0 Å². The van der Waals surface area contributed by atoms with Crippen molar-refractivity contribution in [3.63, 3.8) is 0 Å². The van der Waals surface area contributed by atoms with Crippen molar-refractivity contribution < 1.29 is 4.79 Å². The lowest BCUT2D eigenvalue weighted by Gasteiger charge is -2.08. The Morgan fingerprint density at radius 3 is 2.74 bits per heavy atom. The van der Waals surface area contributed by atoms with Gasteiger partial charge in [-0.3, -0.25) is 10.1 Å². The number of pyridine rings is 1. The molecule has 1 N–H and O–H groups in total. The summed E-state index contributed by atoms with van der Waals surface area (Å²) in [4.78, 5) is 18.2. The van der Waals surface area contributed by atoms with Crippen LogP contribution in [0.25, 0.3) is 0 Å². The molecule has 7 heteroatoms. The molecule has 0 radical (unpaired) electrons. The Balaban J connectivity index is 1.77. The fourth-order valence-corrected chi connectivity index (χ4v) is 4.36. The summed E-state index contributed by atoms with van der Waals surface area (Å²) in [5.74, 6) is 0.280. The summed E-state index contributed by atoms with van der Waals surface area (Å²) in [6.07, 6.45) is 2.56. The number of anilines is 1. The highest BCUT2D eigenvalue weighted by Crippen LogP contribution is 2.30. The first kappa shape index (κ1) is 19.5. The van der Waals surface area contributed by atoms with E-state index in [-0.39, 0.29) is 5.91 Å². The molecule has 2 heterocycles. The van der Waals surface area contributed by atoms with Gasteiger partial charge >= 0.3 is 0 Å². The van der Waals surface area contributed by atoms with Crippen LogP contribution < -0.4 is 5.32 Å². The van der Waals surface area contributed by atoms with Gasteiger partial charge in [0, 0.05) is 17.5 Å². The second kappa shape index (κ2) is 8.63. The first-order valence-corrected chi connectivity index (χ1v) is 10.4. The van der Waals surface area contributed by atoms with E-state index in [0.717, 1.165) is 16.3 Å². The highest BCUT2D eigenvalue weighted by molar-refractivity contribution is 7.99. The van der Waals surface area contributed by atoms with Gasteiger partial charge in [-0.05, 0) is 55.2 Å². The molecule has 0 saturated carbocycles. The minimum Gasteiger partial charge on any atom is -0.296 e. The first-order chi connectivity index (χ1) is 12.9. The normalized spacial score (nSPS) is 11.0. The van der Waals surface area contributed by atoms with E-state index in [2.05, 4.69) is 60.3 Å². The summed E-state index contributed by atoms with van der Waals surface area (Å²) in [6.45, 7) is 8.42. The smallest absolute Gasteiger partial charge is 0.260 e. The van der Waals surface area contributed by atoms with Crippen molar-refractivity contribution in [2.45, 2.75) is 44.0 Å². The molecule has 5 nitrogen and oxygen atoms in total. The lowest BCUT2D eigenvalue weighted by molar-refractivity contribution is 0.102. The molecule has 0 aliphatic carbocycles. The Labute approximate surface area is 167 Å². The lowest BCUT2D eigenvalue weighted by Crippen LogP contribution is -2.13. The topological polar surface area (TPSA) is 67.8 Å². The van der Waals surface area contributed by atoms with Gasteiger partial charge in [0.15, 0.2) is 0 Å². The SMILES string of the molecule is Cc1ccc(Sc2ncccc2C(=O)Nc2nnc(CC(C)C)s2)cc1C. The van der Waals surface area contributed by atoms with Gasteiger partial charge in [0.05, 0.1) is 5.56 Å². The van der Waals surface area contributed by atoms with E-state index in [1.807, 2.05) is 6.07 Å². The Hall–Kier alpha value is -2.25. The number of amides is 1. The largest absolute Gasteiger partial charge is 0.296 e. The van der Waals surface area contributed by atoms with E-state index < -0.39 is 0 Å². The molecule has 0 unspecified atom stereocenters. The van der Waals surface area contributed by atoms with Crippen molar-refractivity contribution in [1.82, 2.24) is 15.2 Å². The summed E-state index contributed by atoms with van der Waals surface area (Å²) in [5.41, 5.74) is 2.99. The summed E-state index contributed by atoms with van der Waals surface area (Å²) >= 11 is 2.90. The van der Waals surface area contributed by atoms with Gasteiger partial charge in [0.1, 0.15) is 10.0 Å². The molecule has 140 valence electrons. The van der Waals surface area contributed by atoms with Gasteiger partial charge in [-0.15, -0.1) is 10.2 Å². The molecule has 3 rings (SSSR count). The van der Waals surface area contributed by atoms with Gasteiger partial charge in [-0.2, -0.15) is 0 Å². The molecule has 3 aromatic rings. The number of carbonyl (C=O) groups is 1. The highest BCUT2D eigenvalue weighted by Gasteiger charge is 2.16. The molecule has 0 saturated heterocycles. The number of aromatic nitrogens is 3. The number of nitrogens with one attached hydrogen (secondary N) is 1. The van der Waals surface area contributed by atoms with Gasteiger partial charge in [-0.1, -0.05) is 43.0 Å². The molecule has 1 amide bonds. The van der Waals surface area contributed by atoms with Crippen LogP contribution >= 0.6 is 23.1 Å². The summed E-state index contributed by atoms with van der Waals surface area (Å²) in [5, 5.41) is 13.2. The maximum atomic E-state index is 12.8. The third kappa shape index (κ3) is 5.14. The minimum absolute atomic E-state index is 0.221. The molecule has 0 spiro atoms. The van der Waals surface area contributed by atoms with Crippen LogP contribution in [0, 0.1) is 19.8 Å². The third-order valence-corrected chi connectivity index (χ3v) is 5.85.